The Morgan fingerprint density at radius 1 is 1.27 bits per heavy atom. The number of aryl methyl sites for hydroxylation is 1. The molecule has 0 heterocycles. The molecule has 0 aliphatic heterocycles. The minimum Gasteiger partial charge on any atom is -0.282 e. The summed E-state index contributed by atoms with van der Waals surface area (Å²) in [4.78, 5) is -0.0804. The van der Waals surface area contributed by atoms with Crippen molar-refractivity contribution in [1.29, 1.82) is 0 Å². The number of hydrogen-bond acceptors (Lipinski definition) is 2. The zero-order valence-electron chi connectivity index (χ0n) is 8.18. The first-order valence-corrected chi connectivity index (χ1v) is 5.98. The van der Waals surface area contributed by atoms with E-state index in [0.29, 0.717) is 6.42 Å². The van der Waals surface area contributed by atoms with E-state index in [1.54, 1.807) is 12.1 Å². The minimum atomic E-state index is -4.08. The second-order valence-electron chi connectivity index (χ2n) is 3.18. The molecule has 80 valence electrons. The summed E-state index contributed by atoms with van der Waals surface area (Å²) in [5.74, 6) is 2.54. The average molecular weight is 224 g/mol. The van der Waals surface area contributed by atoms with E-state index in [1.165, 1.54) is 12.1 Å². The highest BCUT2D eigenvalue weighted by Crippen LogP contribution is 2.11. The molecule has 1 N–H and O–H groups in total. The summed E-state index contributed by atoms with van der Waals surface area (Å²) in [6.45, 7) is 0. The normalized spacial score (nSPS) is 10.9. The zero-order chi connectivity index (χ0) is 11.3. The Labute approximate surface area is 89.9 Å². The molecule has 15 heavy (non-hydrogen) atoms. The lowest BCUT2D eigenvalue weighted by molar-refractivity contribution is 0.483. The second-order valence-corrected chi connectivity index (χ2v) is 4.60. The molecule has 0 fully saturated rings. The Bertz CT molecular complexity index is 452. The van der Waals surface area contributed by atoms with E-state index in [9.17, 15) is 8.42 Å². The third kappa shape index (κ3) is 3.74. The van der Waals surface area contributed by atoms with E-state index < -0.39 is 10.1 Å². The van der Waals surface area contributed by atoms with Crippen LogP contribution in [0.5, 0.6) is 0 Å². The minimum absolute atomic E-state index is 0.0804. The molecule has 0 saturated heterocycles. The monoisotopic (exact) mass is 224 g/mol. The molecule has 1 aromatic rings. The van der Waals surface area contributed by atoms with Gasteiger partial charge in [0.25, 0.3) is 10.1 Å². The smallest absolute Gasteiger partial charge is 0.282 e. The van der Waals surface area contributed by atoms with Crippen molar-refractivity contribution in [3.63, 3.8) is 0 Å². The van der Waals surface area contributed by atoms with Gasteiger partial charge in [0, 0.05) is 6.42 Å². The van der Waals surface area contributed by atoms with Crippen LogP contribution in [0.25, 0.3) is 0 Å². The lowest BCUT2D eigenvalue weighted by Gasteiger charge is -2.00. The van der Waals surface area contributed by atoms with E-state index in [1.807, 2.05) is 0 Å². The van der Waals surface area contributed by atoms with Crippen LogP contribution in [0.4, 0.5) is 0 Å². The molecule has 0 saturated carbocycles. The van der Waals surface area contributed by atoms with Gasteiger partial charge in [0.1, 0.15) is 0 Å². The van der Waals surface area contributed by atoms with Crippen LogP contribution < -0.4 is 0 Å². The van der Waals surface area contributed by atoms with Crippen molar-refractivity contribution in [1.82, 2.24) is 0 Å². The van der Waals surface area contributed by atoms with Crippen molar-refractivity contribution in [3.8, 4) is 12.3 Å². The Morgan fingerprint density at radius 2 is 1.87 bits per heavy atom. The maximum atomic E-state index is 10.7. The first-order valence-electron chi connectivity index (χ1n) is 4.54. The van der Waals surface area contributed by atoms with Crippen LogP contribution in [-0.4, -0.2) is 13.0 Å². The summed E-state index contributed by atoms with van der Waals surface area (Å²) >= 11 is 0. The summed E-state index contributed by atoms with van der Waals surface area (Å²) in [5.41, 5.74) is 1.01. The SMILES string of the molecule is C#CCCCc1ccc(S(=O)(=O)O)cc1. The molecule has 0 radical (unpaired) electrons. The highest BCUT2D eigenvalue weighted by molar-refractivity contribution is 7.85. The molecule has 4 heteroatoms. The molecule has 1 aromatic carbocycles. The molecule has 0 aliphatic rings. The summed E-state index contributed by atoms with van der Waals surface area (Å²) < 4.78 is 30.2. The van der Waals surface area contributed by atoms with Gasteiger partial charge in [-0.2, -0.15) is 8.42 Å². The number of terminal acetylenes is 1. The molecule has 0 atom stereocenters. The predicted octanol–water partition coefficient (Wildman–Crippen LogP) is 1.89. The molecule has 3 nitrogen and oxygen atoms in total. The maximum Gasteiger partial charge on any atom is 0.294 e. The third-order valence-corrected chi connectivity index (χ3v) is 2.88. The van der Waals surface area contributed by atoms with Crippen LogP contribution in [0.2, 0.25) is 0 Å². The molecular weight excluding hydrogens is 212 g/mol. The van der Waals surface area contributed by atoms with Crippen molar-refractivity contribution in [3.05, 3.63) is 29.8 Å². The summed E-state index contributed by atoms with van der Waals surface area (Å²) in [6.07, 6.45) is 7.51. The van der Waals surface area contributed by atoms with E-state index in [2.05, 4.69) is 5.92 Å². The Morgan fingerprint density at radius 3 is 2.33 bits per heavy atom. The highest BCUT2D eigenvalue weighted by atomic mass is 32.2. The van der Waals surface area contributed by atoms with Crippen molar-refractivity contribution >= 4 is 10.1 Å². The summed E-state index contributed by atoms with van der Waals surface area (Å²) in [5, 5.41) is 0. The molecule has 0 bridgehead atoms. The van der Waals surface area contributed by atoms with Gasteiger partial charge < -0.3 is 0 Å². The van der Waals surface area contributed by atoms with Gasteiger partial charge in [-0.25, -0.2) is 0 Å². The van der Waals surface area contributed by atoms with Crippen molar-refractivity contribution in [2.45, 2.75) is 24.2 Å². The van der Waals surface area contributed by atoms with Gasteiger partial charge >= 0.3 is 0 Å². The Balaban J connectivity index is 2.70. The largest absolute Gasteiger partial charge is 0.294 e. The first-order chi connectivity index (χ1) is 7.04. The van der Waals surface area contributed by atoms with Crippen LogP contribution in [0, 0.1) is 12.3 Å². The standard InChI is InChI=1S/C11H12O3S/c1-2-3-4-5-10-6-8-11(9-7-10)15(12,13)14/h1,6-9H,3-5H2,(H,12,13,14). The highest BCUT2D eigenvalue weighted by Gasteiger charge is 2.07. The van der Waals surface area contributed by atoms with Crippen molar-refractivity contribution in [2.75, 3.05) is 0 Å². The Kier molecular flexibility index (Phi) is 3.89. The molecule has 0 spiro atoms. The van der Waals surface area contributed by atoms with Crippen LogP contribution in [0.3, 0.4) is 0 Å². The van der Waals surface area contributed by atoms with E-state index in [-0.39, 0.29) is 4.90 Å². The number of rotatable bonds is 4. The van der Waals surface area contributed by atoms with E-state index >= 15 is 0 Å². The molecule has 0 aliphatic carbocycles. The first kappa shape index (κ1) is 11.8. The van der Waals surface area contributed by atoms with Crippen LogP contribution >= 0.6 is 0 Å². The summed E-state index contributed by atoms with van der Waals surface area (Å²) in [6, 6.07) is 6.14. The molecule has 0 unspecified atom stereocenters. The van der Waals surface area contributed by atoms with Crippen LogP contribution in [-0.2, 0) is 16.5 Å². The predicted molar refractivity (Wildman–Crippen MR) is 58.0 cm³/mol. The molecular formula is C11H12O3S. The van der Waals surface area contributed by atoms with Gasteiger partial charge in [-0.15, -0.1) is 12.3 Å². The van der Waals surface area contributed by atoms with Crippen molar-refractivity contribution in [2.24, 2.45) is 0 Å². The maximum absolute atomic E-state index is 10.7. The fraction of sp³-hybridized carbons (Fsp3) is 0.273. The number of benzene rings is 1. The topological polar surface area (TPSA) is 54.4 Å². The van der Waals surface area contributed by atoms with Gasteiger partial charge in [-0.3, -0.25) is 4.55 Å². The van der Waals surface area contributed by atoms with E-state index in [0.717, 1.165) is 18.4 Å². The van der Waals surface area contributed by atoms with Gasteiger partial charge in [0.15, 0.2) is 0 Å². The third-order valence-electron chi connectivity index (χ3n) is 2.01. The number of hydrogen-bond donors (Lipinski definition) is 1. The van der Waals surface area contributed by atoms with E-state index in [4.69, 9.17) is 11.0 Å². The molecule has 1 rings (SSSR count). The summed E-state index contributed by atoms with van der Waals surface area (Å²) in [7, 11) is -4.08. The van der Waals surface area contributed by atoms with Crippen LogP contribution in [0.15, 0.2) is 29.2 Å². The van der Waals surface area contributed by atoms with Crippen LogP contribution in [0.1, 0.15) is 18.4 Å². The number of unbranched alkanes of at least 4 members (excludes halogenated alkanes) is 1. The van der Waals surface area contributed by atoms with Gasteiger partial charge in [0.2, 0.25) is 0 Å². The zero-order valence-corrected chi connectivity index (χ0v) is 9.00. The lowest BCUT2D eigenvalue weighted by atomic mass is 10.1. The quantitative estimate of drug-likeness (QED) is 0.482. The fourth-order valence-electron chi connectivity index (χ4n) is 1.22. The fourth-order valence-corrected chi connectivity index (χ4v) is 1.70. The van der Waals surface area contributed by atoms with Gasteiger partial charge in [0.05, 0.1) is 4.90 Å². The molecule has 0 amide bonds. The Hall–Kier alpha value is -1.31. The van der Waals surface area contributed by atoms with Gasteiger partial charge in [-0.05, 0) is 30.5 Å². The van der Waals surface area contributed by atoms with Crippen molar-refractivity contribution < 1.29 is 13.0 Å². The molecule has 0 aromatic heterocycles. The lowest BCUT2D eigenvalue weighted by Crippen LogP contribution is -1.97. The average Bonchev–Trinajstić information content (AvgIpc) is 2.18. The van der Waals surface area contributed by atoms with Gasteiger partial charge in [-0.1, -0.05) is 12.1 Å². The second kappa shape index (κ2) is 4.96.